The minimum absolute atomic E-state index is 0.165. The topological polar surface area (TPSA) is 35.2 Å². The van der Waals surface area contributed by atoms with Gasteiger partial charge in [-0.3, -0.25) is 0 Å². The lowest BCUT2D eigenvalue weighted by molar-refractivity contribution is 0.180. The van der Waals surface area contributed by atoms with Crippen LogP contribution >= 0.6 is 0 Å². The molecular formula is C13H18FNO. The molecule has 1 unspecified atom stereocenters. The molecule has 1 saturated carbocycles. The van der Waals surface area contributed by atoms with Crippen LogP contribution in [-0.2, 0) is 0 Å². The summed E-state index contributed by atoms with van der Waals surface area (Å²) in [6.07, 6.45) is 3.76. The van der Waals surface area contributed by atoms with Gasteiger partial charge in [-0.25, -0.2) is 4.39 Å². The Labute approximate surface area is 95.6 Å². The Morgan fingerprint density at radius 1 is 1.44 bits per heavy atom. The smallest absolute Gasteiger partial charge is 0.127 e. The maximum atomic E-state index is 13.3. The Balaban J connectivity index is 2.01. The minimum Gasteiger partial charge on any atom is -0.493 e. The minimum atomic E-state index is -0.279. The Hall–Kier alpha value is -1.09. The van der Waals surface area contributed by atoms with Crippen LogP contribution in [0.1, 0.15) is 37.8 Å². The first-order chi connectivity index (χ1) is 7.65. The molecule has 1 aliphatic carbocycles. The predicted molar refractivity (Wildman–Crippen MR) is 61.8 cm³/mol. The molecule has 88 valence electrons. The van der Waals surface area contributed by atoms with Crippen molar-refractivity contribution in [2.45, 2.75) is 32.2 Å². The Bertz CT molecular complexity index is 361. The highest BCUT2D eigenvalue weighted by atomic mass is 19.1. The van der Waals surface area contributed by atoms with E-state index < -0.39 is 0 Å². The fourth-order valence-corrected chi connectivity index (χ4v) is 1.80. The van der Waals surface area contributed by atoms with E-state index in [4.69, 9.17) is 10.5 Å². The standard InChI is InChI=1S/C13H18FNO/c1-9(15)11-5-12(14)7-13(6-11)16-8-10-3-2-4-10/h5-7,9-10H,2-4,8,15H2,1H3. The van der Waals surface area contributed by atoms with E-state index >= 15 is 0 Å². The number of rotatable bonds is 4. The van der Waals surface area contributed by atoms with Crippen LogP contribution < -0.4 is 10.5 Å². The van der Waals surface area contributed by atoms with Crippen LogP contribution in [0.15, 0.2) is 18.2 Å². The number of benzene rings is 1. The van der Waals surface area contributed by atoms with Crippen LogP contribution in [-0.4, -0.2) is 6.61 Å². The van der Waals surface area contributed by atoms with Gasteiger partial charge < -0.3 is 10.5 Å². The van der Waals surface area contributed by atoms with Gasteiger partial charge in [-0.05, 0) is 43.4 Å². The van der Waals surface area contributed by atoms with Gasteiger partial charge in [0.05, 0.1) is 6.61 Å². The third-order valence-electron chi connectivity index (χ3n) is 3.13. The van der Waals surface area contributed by atoms with E-state index in [2.05, 4.69) is 0 Å². The molecule has 2 rings (SSSR count). The zero-order valence-electron chi connectivity index (χ0n) is 9.58. The molecule has 0 spiro atoms. The van der Waals surface area contributed by atoms with Gasteiger partial charge in [-0.2, -0.15) is 0 Å². The van der Waals surface area contributed by atoms with E-state index in [1.165, 1.54) is 31.4 Å². The van der Waals surface area contributed by atoms with Gasteiger partial charge in [0.2, 0.25) is 0 Å². The highest BCUT2D eigenvalue weighted by molar-refractivity contribution is 5.31. The SMILES string of the molecule is CC(N)c1cc(F)cc(OCC2CCC2)c1. The molecule has 0 bridgehead atoms. The quantitative estimate of drug-likeness (QED) is 0.851. The summed E-state index contributed by atoms with van der Waals surface area (Å²) in [5, 5.41) is 0. The zero-order valence-corrected chi connectivity index (χ0v) is 9.58. The van der Waals surface area contributed by atoms with Crippen LogP contribution in [0.3, 0.4) is 0 Å². The number of hydrogen-bond donors (Lipinski definition) is 1. The molecule has 2 N–H and O–H groups in total. The van der Waals surface area contributed by atoms with Gasteiger partial charge in [0.25, 0.3) is 0 Å². The van der Waals surface area contributed by atoms with E-state index in [0.29, 0.717) is 18.3 Å². The summed E-state index contributed by atoms with van der Waals surface area (Å²) >= 11 is 0. The first kappa shape index (κ1) is 11.4. The largest absolute Gasteiger partial charge is 0.493 e. The second-order valence-electron chi connectivity index (χ2n) is 4.62. The highest BCUT2D eigenvalue weighted by Crippen LogP contribution is 2.28. The molecule has 1 atom stereocenters. The molecule has 2 nitrogen and oxygen atoms in total. The van der Waals surface area contributed by atoms with Gasteiger partial charge >= 0.3 is 0 Å². The molecule has 0 aromatic heterocycles. The zero-order chi connectivity index (χ0) is 11.5. The summed E-state index contributed by atoms with van der Waals surface area (Å²) in [5.41, 5.74) is 6.50. The van der Waals surface area contributed by atoms with Crippen molar-refractivity contribution >= 4 is 0 Å². The molecular weight excluding hydrogens is 205 g/mol. The van der Waals surface area contributed by atoms with Crippen molar-refractivity contribution in [1.29, 1.82) is 0 Å². The molecule has 1 fully saturated rings. The Kier molecular flexibility index (Phi) is 3.44. The second-order valence-corrected chi connectivity index (χ2v) is 4.62. The highest BCUT2D eigenvalue weighted by Gasteiger charge is 2.18. The first-order valence-corrected chi connectivity index (χ1v) is 5.84. The summed E-state index contributed by atoms with van der Waals surface area (Å²) < 4.78 is 18.9. The Morgan fingerprint density at radius 2 is 2.19 bits per heavy atom. The number of nitrogens with two attached hydrogens (primary N) is 1. The molecule has 0 saturated heterocycles. The average molecular weight is 223 g/mol. The van der Waals surface area contributed by atoms with Crippen LogP contribution in [0.2, 0.25) is 0 Å². The van der Waals surface area contributed by atoms with Gasteiger partial charge in [0.15, 0.2) is 0 Å². The van der Waals surface area contributed by atoms with E-state index in [9.17, 15) is 4.39 Å². The van der Waals surface area contributed by atoms with Gasteiger partial charge in [-0.1, -0.05) is 6.42 Å². The van der Waals surface area contributed by atoms with Crippen LogP contribution in [0.25, 0.3) is 0 Å². The molecule has 0 radical (unpaired) electrons. The van der Waals surface area contributed by atoms with Crippen molar-refractivity contribution in [1.82, 2.24) is 0 Å². The summed E-state index contributed by atoms with van der Waals surface area (Å²) in [7, 11) is 0. The maximum Gasteiger partial charge on any atom is 0.127 e. The first-order valence-electron chi connectivity index (χ1n) is 5.84. The third kappa shape index (κ3) is 2.73. The van der Waals surface area contributed by atoms with Gasteiger partial charge in [0.1, 0.15) is 11.6 Å². The van der Waals surface area contributed by atoms with Crippen LogP contribution in [0.5, 0.6) is 5.75 Å². The van der Waals surface area contributed by atoms with Crippen molar-refractivity contribution in [3.63, 3.8) is 0 Å². The van der Waals surface area contributed by atoms with Gasteiger partial charge in [0, 0.05) is 12.1 Å². The maximum absolute atomic E-state index is 13.3. The average Bonchev–Trinajstić information content (AvgIpc) is 2.14. The van der Waals surface area contributed by atoms with Crippen molar-refractivity contribution < 1.29 is 9.13 Å². The van der Waals surface area contributed by atoms with Crippen LogP contribution in [0.4, 0.5) is 4.39 Å². The predicted octanol–water partition coefficient (Wildman–Crippen LogP) is 3.02. The fourth-order valence-electron chi connectivity index (χ4n) is 1.80. The van der Waals surface area contributed by atoms with E-state index in [1.807, 2.05) is 13.0 Å². The van der Waals surface area contributed by atoms with Crippen molar-refractivity contribution in [2.24, 2.45) is 11.7 Å². The summed E-state index contributed by atoms with van der Waals surface area (Å²) in [6, 6.07) is 4.54. The van der Waals surface area contributed by atoms with Crippen LogP contribution in [0, 0.1) is 11.7 Å². The molecule has 3 heteroatoms. The molecule has 1 aromatic carbocycles. The molecule has 16 heavy (non-hydrogen) atoms. The normalized spacial score (nSPS) is 17.9. The lowest BCUT2D eigenvalue weighted by atomic mass is 9.86. The number of halogens is 1. The summed E-state index contributed by atoms with van der Waals surface area (Å²) in [6.45, 7) is 2.53. The molecule has 0 aliphatic heterocycles. The molecule has 1 aliphatic rings. The van der Waals surface area contributed by atoms with Crippen molar-refractivity contribution in [2.75, 3.05) is 6.61 Å². The summed E-state index contributed by atoms with van der Waals surface area (Å²) in [4.78, 5) is 0. The van der Waals surface area contributed by atoms with E-state index in [0.717, 1.165) is 5.56 Å². The fraction of sp³-hybridized carbons (Fsp3) is 0.538. The molecule has 0 amide bonds. The van der Waals surface area contributed by atoms with Gasteiger partial charge in [-0.15, -0.1) is 0 Å². The van der Waals surface area contributed by atoms with Crippen molar-refractivity contribution in [3.8, 4) is 5.75 Å². The molecule has 0 heterocycles. The second kappa shape index (κ2) is 4.83. The Morgan fingerprint density at radius 3 is 2.75 bits per heavy atom. The van der Waals surface area contributed by atoms with E-state index in [-0.39, 0.29) is 11.9 Å². The lowest BCUT2D eigenvalue weighted by Crippen LogP contribution is -2.19. The molecule has 1 aromatic rings. The summed E-state index contributed by atoms with van der Waals surface area (Å²) in [5.74, 6) is 0.972. The number of hydrogen-bond acceptors (Lipinski definition) is 2. The number of ether oxygens (including phenoxy) is 1. The van der Waals surface area contributed by atoms with Crippen molar-refractivity contribution in [3.05, 3.63) is 29.6 Å². The lowest BCUT2D eigenvalue weighted by Gasteiger charge is -2.25. The third-order valence-corrected chi connectivity index (χ3v) is 3.13. The monoisotopic (exact) mass is 223 g/mol. The van der Waals surface area contributed by atoms with E-state index in [1.54, 1.807) is 0 Å².